The first-order chi connectivity index (χ1) is 5.54. The highest BCUT2D eigenvalue weighted by molar-refractivity contribution is 6.39. The van der Waals surface area contributed by atoms with Gasteiger partial charge in [-0.15, -0.1) is 0 Å². The minimum absolute atomic E-state index is 0.186. The Morgan fingerprint density at radius 1 is 1.58 bits per heavy atom. The normalized spacial score (nSPS) is 9.92. The van der Waals surface area contributed by atoms with E-state index in [-0.39, 0.29) is 5.02 Å². The van der Waals surface area contributed by atoms with Crippen molar-refractivity contribution in [3.63, 3.8) is 0 Å². The topological polar surface area (TPSA) is 50.2 Å². The summed E-state index contributed by atoms with van der Waals surface area (Å²) in [5, 5.41) is 7.75. The Morgan fingerprint density at radius 2 is 2.17 bits per heavy atom. The van der Waals surface area contributed by atoms with Crippen molar-refractivity contribution >= 4 is 29.2 Å². The van der Waals surface area contributed by atoms with Crippen molar-refractivity contribution in [2.24, 2.45) is 0 Å². The first-order valence-corrected chi connectivity index (χ1v) is 3.52. The second kappa shape index (κ2) is 3.25. The van der Waals surface area contributed by atoms with E-state index in [1.54, 1.807) is 0 Å². The molecule has 1 aromatic heterocycles. The first-order valence-electron chi connectivity index (χ1n) is 2.77. The molecule has 0 aliphatic rings. The van der Waals surface area contributed by atoms with Crippen LogP contribution in [-0.2, 0) is 0 Å². The molecule has 0 amide bonds. The van der Waals surface area contributed by atoms with Crippen molar-refractivity contribution in [2.45, 2.75) is 0 Å². The molecule has 1 rings (SSSR count). The zero-order valence-electron chi connectivity index (χ0n) is 5.51. The predicted molar refractivity (Wildman–Crippen MR) is 41.2 cm³/mol. The second-order valence-corrected chi connectivity index (χ2v) is 2.68. The quantitative estimate of drug-likeness (QED) is 0.723. The number of carboxylic acids is 1. The van der Waals surface area contributed by atoms with Crippen LogP contribution in [0, 0.1) is 5.95 Å². The summed E-state index contributed by atoms with van der Waals surface area (Å²) < 4.78 is 12.6. The third kappa shape index (κ3) is 1.49. The van der Waals surface area contributed by atoms with Crippen molar-refractivity contribution in [3.05, 3.63) is 27.8 Å². The number of pyridine rings is 1. The zero-order chi connectivity index (χ0) is 9.30. The first kappa shape index (κ1) is 9.22. The molecule has 1 aromatic rings. The lowest BCUT2D eigenvalue weighted by Gasteiger charge is -2.00. The minimum atomic E-state index is -1.38. The third-order valence-electron chi connectivity index (χ3n) is 1.14. The Balaban J connectivity index is 3.43. The van der Waals surface area contributed by atoms with Crippen LogP contribution in [0.3, 0.4) is 0 Å². The van der Waals surface area contributed by atoms with E-state index >= 15 is 0 Å². The number of nitrogens with zero attached hydrogens (tertiary/aromatic N) is 1. The molecule has 1 heterocycles. The number of rotatable bonds is 1. The molecule has 12 heavy (non-hydrogen) atoms. The molecule has 0 aliphatic heterocycles. The molecular formula is C6H2Cl2FNO2. The van der Waals surface area contributed by atoms with Crippen LogP contribution in [0.25, 0.3) is 0 Å². The number of carbonyl (C=O) groups is 1. The van der Waals surface area contributed by atoms with E-state index < -0.39 is 22.5 Å². The number of halogens is 3. The number of hydrogen-bond acceptors (Lipinski definition) is 2. The fourth-order valence-corrected chi connectivity index (χ4v) is 1.14. The summed E-state index contributed by atoms with van der Waals surface area (Å²) in [4.78, 5) is 13.6. The standard InChI is InChI=1S/C6H2Cl2FNO2/c7-2-1-10-5(9)4(8)3(2)6(11)12/h1H,(H,11,12). The van der Waals surface area contributed by atoms with Gasteiger partial charge in [0.2, 0.25) is 5.95 Å². The van der Waals surface area contributed by atoms with Crippen molar-refractivity contribution in [2.75, 3.05) is 0 Å². The van der Waals surface area contributed by atoms with Crippen LogP contribution in [0.4, 0.5) is 4.39 Å². The fourth-order valence-electron chi connectivity index (χ4n) is 0.639. The van der Waals surface area contributed by atoms with E-state index in [2.05, 4.69) is 4.98 Å². The largest absolute Gasteiger partial charge is 0.478 e. The molecule has 0 aromatic carbocycles. The average molecular weight is 210 g/mol. The molecule has 0 saturated heterocycles. The summed E-state index contributed by atoms with van der Waals surface area (Å²) >= 11 is 10.7. The Labute approximate surface area is 76.7 Å². The van der Waals surface area contributed by atoms with Gasteiger partial charge in [0, 0.05) is 6.20 Å². The number of carboxylic acid groups (broad SMARTS) is 1. The molecule has 0 fully saturated rings. The highest BCUT2D eigenvalue weighted by Crippen LogP contribution is 2.24. The Bertz CT molecular complexity index is 343. The number of aromatic nitrogens is 1. The van der Waals surface area contributed by atoms with E-state index in [9.17, 15) is 9.18 Å². The smallest absolute Gasteiger partial charge is 0.338 e. The summed E-state index contributed by atoms with van der Waals surface area (Å²) in [5.41, 5.74) is -0.467. The van der Waals surface area contributed by atoms with E-state index in [1.165, 1.54) is 0 Å². The van der Waals surface area contributed by atoms with Gasteiger partial charge >= 0.3 is 5.97 Å². The molecule has 0 unspecified atom stereocenters. The van der Waals surface area contributed by atoms with Crippen molar-refractivity contribution in [1.82, 2.24) is 4.98 Å². The molecule has 3 nitrogen and oxygen atoms in total. The summed E-state index contributed by atoms with van der Waals surface area (Å²) in [6, 6.07) is 0. The summed E-state index contributed by atoms with van der Waals surface area (Å²) in [6.45, 7) is 0. The van der Waals surface area contributed by atoms with Gasteiger partial charge in [0.15, 0.2) is 0 Å². The molecule has 0 spiro atoms. The van der Waals surface area contributed by atoms with Gasteiger partial charge in [-0.3, -0.25) is 0 Å². The van der Waals surface area contributed by atoms with Crippen LogP contribution in [0.1, 0.15) is 10.4 Å². The van der Waals surface area contributed by atoms with Crippen molar-refractivity contribution < 1.29 is 14.3 Å². The van der Waals surface area contributed by atoms with Gasteiger partial charge in [-0.05, 0) is 0 Å². The maximum absolute atomic E-state index is 12.6. The van der Waals surface area contributed by atoms with Crippen LogP contribution in [-0.4, -0.2) is 16.1 Å². The van der Waals surface area contributed by atoms with E-state index in [0.717, 1.165) is 6.20 Å². The lowest BCUT2D eigenvalue weighted by molar-refractivity contribution is 0.0696. The summed E-state index contributed by atoms with van der Waals surface area (Å²) in [6.07, 6.45) is 0.895. The maximum Gasteiger partial charge on any atom is 0.338 e. The molecule has 64 valence electrons. The Morgan fingerprint density at radius 3 is 2.58 bits per heavy atom. The highest BCUT2D eigenvalue weighted by atomic mass is 35.5. The van der Waals surface area contributed by atoms with E-state index in [4.69, 9.17) is 28.3 Å². The van der Waals surface area contributed by atoms with Crippen molar-refractivity contribution in [3.8, 4) is 0 Å². The number of hydrogen-bond donors (Lipinski definition) is 1. The lowest BCUT2D eigenvalue weighted by Crippen LogP contribution is -2.01. The fraction of sp³-hybridized carbons (Fsp3) is 0. The SMILES string of the molecule is O=C(O)c1c(Cl)cnc(F)c1Cl. The van der Waals surface area contributed by atoms with E-state index in [1.807, 2.05) is 0 Å². The maximum atomic E-state index is 12.6. The molecule has 0 bridgehead atoms. The summed E-state index contributed by atoms with van der Waals surface area (Å²) in [5.74, 6) is -2.43. The van der Waals surface area contributed by atoms with Gasteiger partial charge in [-0.25, -0.2) is 9.78 Å². The van der Waals surface area contributed by atoms with Gasteiger partial charge in [-0.2, -0.15) is 4.39 Å². The van der Waals surface area contributed by atoms with Gasteiger partial charge in [-0.1, -0.05) is 23.2 Å². The summed E-state index contributed by atoms with van der Waals surface area (Å²) in [7, 11) is 0. The number of aromatic carboxylic acids is 1. The third-order valence-corrected chi connectivity index (χ3v) is 1.78. The minimum Gasteiger partial charge on any atom is -0.478 e. The Hall–Kier alpha value is -0.870. The van der Waals surface area contributed by atoms with Crippen LogP contribution >= 0.6 is 23.2 Å². The van der Waals surface area contributed by atoms with Crippen LogP contribution in [0.2, 0.25) is 10.0 Å². The second-order valence-electron chi connectivity index (χ2n) is 1.89. The molecule has 0 aliphatic carbocycles. The van der Waals surface area contributed by atoms with Crippen LogP contribution in [0.15, 0.2) is 6.20 Å². The van der Waals surface area contributed by atoms with Gasteiger partial charge in [0.05, 0.1) is 5.02 Å². The molecule has 0 radical (unpaired) electrons. The van der Waals surface area contributed by atoms with Crippen LogP contribution in [0.5, 0.6) is 0 Å². The predicted octanol–water partition coefficient (Wildman–Crippen LogP) is 2.23. The van der Waals surface area contributed by atoms with Gasteiger partial charge < -0.3 is 5.11 Å². The van der Waals surface area contributed by atoms with Gasteiger partial charge in [0.1, 0.15) is 10.6 Å². The monoisotopic (exact) mass is 209 g/mol. The lowest BCUT2D eigenvalue weighted by atomic mass is 10.3. The van der Waals surface area contributed by atoms with E-state index in [0.29, 0.717) is 0 Å². The molecule has 0 atom stereocenters. The van der Waals surface area contributed by atoms with Gasteiger partial charge in [0.25, 0.3) is 0 Å². The molecule has 6 heteroatoms. The molecular weight excluding hydrogens is 208 g/mol. The zero-order valence-corrected chi connectivity index (χ0v) is 7.03. The molecule has 0 saturated carbocycles. The molecule has 1 N–H and O–H groups in total. The Kier molecular flexibility index (Phi) is 2.49. The average Bonchev–Trinajstić information content (AvgIpc) is 1.97. The van der Waals surface area contributed by atoms with Crippen molar-refractivity contribution in [1.29, 1.82) is 0 Å². The van der Waals surface area contributed by atoms with Crippen LogP contribution < -0.4 is 0 Å². The highest BCUT2D eigenvalue weighted by Gasteiger charge is 2.17.